The van der Waals surface area contributed by atoms with Crippen LogP contribution in [0.2, 0.25) is 0 Å². The summed E-state index contributed by atoms with van der Waals surface area (Å²) in [6, 6.07) is 52.2. The van der Waals surface area contributed by atoms with Crippen LogP contribution < -0.4 is 47.2 Å². The molecular weight excluding hydrogens is 1710 g/mol. The highest BCUT2D eigenvalue weighted by Crippen LogP contribution is 2.48. The van der Waals surface area contributed by atoms with Crippen LogP contribution in [0.15, 0.2) is 248 Å². The second-order valence-corrected chi connectivity index (χ2v) is 36.7. The van der Waals surface area contributed by atoms with Crippen LogP contribution in [0.1, 0.15) is 133 Å². The van der Waals surface area contributed by atoms with Gasteiger partial charge in [0.2, 0.25) is 17.8 Å². The number of nitrogens with zero attached hydrogens (tertiary/aromatic N) is 6. The highest BCUT2D eigenvalue weighted by Gasteiger charge is 2.38. The van der Waals surface area contributed by atoms with E-state index in [1.165, 1.54) is 78.9 Å². The van der Waals surface area contributed by atoms with E-state index in [1.807, 2.05) is 6.07 Å². The van der Waals surface area contributed by atoms with Crippen LogP contribution in [-0.4, -0.2) is 127 Å². The van der Waals surface area contributed by atoms with E-state index in [0.717, 1.165) is 75.3 Å². The molecule has 0 bridgehead atoms. The number of para-hydroxylation sites is 1. The molecule has 0 aliphatic heterocycles. The number of rotatable bonds is 26. The average Bonchev–Trinajstić information content (AvgIpc) is 0.715. The van der Waals surface area contributed by atoms with E-state index in [1.54, 1.807) is 103 Å². The van der Waals surface area contributed by atoms with Gasteiger partial charge < -0.3 is 46.0 Å². The van der Waals surface area contributed by atoms with E-state index in [2.05, 4.69) is 61.5 Å². The Hall–Kier alpha value is -14.4. The fraction of sp³-hybridized carbons (Fsp3) is 0.156. The minimum absolute atomic E-state index is 0.0114. The van der Waals surface area contributed by atoms with Gasteiger partial charge in [-0.25, -0.2) is 0 Å². The summed E-state index contributed by atoms with van der Waals surface area (Å²) < 4.78 is 155. The number of nitrogens with one attached hydrogen (secondary N) is 7. The van der Waals surface area contributed by atoms with Gasteiger partial charge in [0, 0.05) is 85.1 Å². The maximum Gasteiger partial charge on any atom is 0.328 e. The number of carbonyl (C=O) groups excluding carboxylic acids is 4. The van der Waals surface area contributed by atoms with Gasteiger partial charge in [-0.2, -0.15) is 63.6 Å². The molecule has 18 rings (SSSR count). The molecule has 4 aromatic heterocycles. The highest BCUT2D eigenvalue weighted by molar-refractivity contribution is 7.86. The molecule has 127 heavy (non-hydrogen) atoms. The Morgan fingerprint density at radius 2 is 0.850 bits per heavy atom. The summed E-state index contributed by atoms with van der Waals surface area (Å²) in [7, 11) is -19.4. The number of fused-ring (bicyclic) bond motifs is 4. The van der Waals surface area contributed by atoms with Crippen LogP contribution >= 0.6 is 0 Å². The summed E-state index contributed by atoms with van der Waals surface area (Å²) in [5, 5.41) is 16.6. The van der Waals surface area contributed by atoms with Crippen molar-refractivity contribution in [3.8, 4) is 45.8 Å². The number of pyridine rings is 2. The van der Waals surface area contributed by atoms with Gasteiger partial charge in [0.05, 0.1) is 54.0 Å². The van der Waals surface area contributed by atoms with Crippen LogP contribution in [0, 0.1) is 11.8 Å². The summed E-state index contributed by atoms with van der Waals surface area (Å²) in [6.45, 7) is 0. The quantitative estimate of drug-likeness (QED) is 0.0177. The Labute approximate surface area is 722 Å². The van der Waals surface area contributed by atoms with E-state index in [4.69, 9.17) is 14.5 Å². The molecule has 0 radical (unpaired) electrons. The van der Waals surface area contributed by atoms with Crippen molar-refractivity contribution in [2.45, 2.75) is 95.9 Å². The molecule has 37 heteroatoms. The molecular formula is C90H71N13O20S4. The maximum atomic E-state index is 14.9. The maximum absolute atomic E-state index is 14.9. The van der Waals surface area contributed by atoms with Gasteiger partial charge in [0.1, 0.15) is 22.2 Å². The summed E-state index contributed by atoms with van der Waals surface area (Å²) in [5.41, 5.74) is -0.310. The first-order valence-electron chi connectivity index (χ1n) is 39.9. The normalized spacial score (nSPS) is 16.1. The molecule has 0 saturated heterocycles. The first-order valence-corrected chi connectivity index (χ1v) is 45.6. The molecule has 0 amide bonds. The number of aromatic amines is 2. The topological polar surface area (TPSA) is 507 Å². The Morgan fingerprint density at radius 3 is 1.39 bits per heavy atom. The number of ketones is 4. The van der Waals surface area contributed by atoms with Gasteiger partial charge in [-0.15, -0.1) is 0 Å². The Bertz CT molecular complexity index is 7560. The number of ether oxygens (including phenoxy) is 2. The van der Waals surface area contributed by atoms with Crippen LogP contribution in [0.5, 0.6) is 23.5 Å². The van der Waals surface area contributed by atoms with E-state index in [9.17, 15) is 80.6 Å². The van der Waals surface area contributed by atoms with E-state index >= 15 is 0 Å². The third-order valence-corrected chi connectivity index (χ3v) is 26.5. The number of carbonyl (C=O) groups is 4. The molecule has 640 valence electrons. The SMILES string of the molecule is O=C(c1ccccc1)c1c2c3c(c(Nc4ccc(S(=O)(=O)O)c(Cc5nc(NC6CCC(CC7CCC(Nc8nc(Nc9ccc(S(=O)(=O)O)c(Nc%10ccc%11[nH]c(=O)c(C(=O)c%12cccc(S(=O)(=O)O)c%12)c%12c%11c%10C(=O)c%10ccccc%10-%12)c9)nc(Oc9ccc(S(=O)(=O)O)cc9)n8)CC7)CC6)nc(Oc6ccccc6)n5)c4)ccc3[nH]c1=O)C(=O)c1ccccc1-2. The third-order valence-electron chi connectivity index (χ3n) is 22.9. The van der Waals surface area contributed by atoms with Crippen LogP contribution in [-0.2, 0) is 46.9 Å². The van der Waals surface area contributed by atoms with Gasteiger partial charge in [0.25, 0.3) is 51.6 Å². The molecule has 4 heterocycles. The lowest BCUT2D eigenvalue weighted by Gasteiger charge is -2.34. The van der Waals surface area contributed by atoms with Gasteiger partial charge in [0.15, 0.2) is 23.1 Å². The van der Waals surface area contributed by atoms with Gasteiger partial charge in [-0.1, -0.05) is 109 Å². The van der Waals surface area contributed by atoms with Crippen LogP contribution in [0.4, 0.5) is 46.3 Å². The molecule has 14 aromatic rings. The second-order valence-electron chi connectivity index (χ2n) is 31.1. The third kappa shape index (κ3) is 17.1. The molecule has 2 saturated carbocycles. The number of hydrogen-bond donors (Lipinski definition) is 11. The predicted molar refractivity (Wildman–Crippen MR) is 467 cm³/mol. The molecule has 0 spiro atoms. The molecule has 33 nitrogen and oxygen atoms in total. The Morgan fingerprint density at radius 1 is 0.386 bits per heavy atom. The summed E-state index contributed by atoms with van der Waals surface area (Å²) >= 11 is 0. The lowest BCUT2D eigenvalue weighted by Crippen LogP contribution is -2.30. The number of benzene rings is 10. The number of anilines is 8. The van der Waals surface area contributed by atoms with E-state index in [-0.39, 0.29) is 155 Å². The molecule has 11 N–H and O–H groups in total. The average molecular weight is 1780 g/mol. The van der Waals surface area contributed by atoms with Crippen molar-refractivity contribution in [2.24, 2.45) is 11.8 Å². The molecule has 10 aromatic carbocycles. The standard InChI is InChI=1S/C90H71N13O20S4/c104-80(49-12-3-1-4-13-49)78-72-60-18-7-9-20-62(60)82(106)76-66(38-36-64(74(72)76)96-84(78)108)91-54-30-40-69(126(116,117)118)51(43-54)45-71-98-86(101-89(99-71)122-56-15-5-2-6-16-56)92-52-26-22-47(23-27-52)42-48-24-28-53(29-25-48)93-87-100-88(103-90(102-87)123-57-32-34-58(35-33-57)124(110,111)112)94-55-31-41-70(127(119,120)121)68(46-55)95-67-39-37-65-75-73(61-19-8-10-21-63(61)83(107)77(67)75)79(85(109)97-65)81(105)50-14-11-17-59(44-50)125(113,114)115/h1-21,30-41,43-44,46-48,52-53,91,95H,22-29,42,45H2,(H,96,108)(H,97,109)(H,110,111,112)(H,113,114,115)(H,116,117,118)(H,119,120,121)(H,92,98,99,101)(H2,93,94,100,102,103). The van der Waals surface area contributed by atoms with Crippen molar-refractivity contribution >= 4 is 132 Å². The molecule has 2 fully saturated rings. The zero-order chi connectivity index (χ0) is 88.5. The summed E-state index contributed by atoms with van der Waals surface area (Å²) in [5.74, 6) is -1.26. The zero-order valence-corrected chi connectivity index (χ0v) is 69.6. The minimum Gasteiger partial charge on any atom is -0.424 e. The fourth-order valence-electron chi connectivity index (χ4n) is 17.2. The summed E-state index contributed by atoms with van der Waals surface area (Å²) in [4.78, 5) is 118. The van der Waals surface area contributed by atoms with Crippen molar-refractivity contribution in [1.82, 2.24) is 39.9 Å². The lowest BCUT2D eigenvalue weighted by atomic mass is 9.75. The van der Waals surface area contributed by atoms with Crippen LogP contribution in [0.3, 0.4) is 0 Å². The minimum atomic E-state index is -5.07. The number of H-pyrrole nitrogens is 2. The lowest BCUT2D eigenvalue weighted by molar-refractivity contribution is 0.102. The Balaban J connectivity index is 0.566. The van der Waals surface area contributed by atoms with E-state index in [0.29, 0.717) is 52.6 Å². The van der Waals surface area contributed by atoms with Crippen LogP contribution in [0.25, 0.3) is 44.1 Å². The highest BCUT2D eigenvalue weighted by atomic mass is 32.2. The fourth-order valence-corrected chi connectivity index (χ4v) is 19.5. The van der Waals surface area contributed by atoms with Crippen molar-refractivity contribution in [3.63, 3.8) is 0 Å². The molecule has 4 aliphatic rings. The van der Waals surface area contributed by atoms with Crippen molar-refractivity contribution in [1.29, 1.82) is 0 Å². The molecule has 0 unspecified atom stereocenters. The zero-order valence-electron chi connectivity index (χ0n) is 66.3. The second kappa shape index (κ2) is 33.2. The van der Waals surface area contributed by atoms with Crippen molar-refractivity contribution in [2.75, 3.05) is 26.6 Å². The van der Waals surface area contributed by atoms with E-state index < -0.39 is 99.9 Å². The smallest absolute Gasteiger partial charge is 0.328 e. The summed E-state index contributed by atoms with van der Waals surface area (Å²) in [6.07, 6.45) is 6.89. The van der Waals surface area contributed by atoms with Gasteiger partial charge in [-0.3, -0.25) is 47.0 Å². The monoisotopic (exact) mass is 1780 g/mol. The van der Waals surface area contributed by atoms with Crippen molar-refractivity contribution in [3.05, 3.63) is 295 Å². The Kier molecular flexibility index (Phi) is 21.8. The van der Waals surface area contributed by atoms with Gasteiger partial charge >= 0.3 is 12.0 Å². The number of hydrogen-bond acceptors (Lipinski definition) is 27. The number of aromatic nitrogens is 8. The molecule has 0 atom stereocenters. The largest absolute Gasteiger partial charge is 0.424 e. The first kappa shape index (κ1) is 83.5. The predicted octanol–water partition coefficient (Wildman–Crippen LogP) is 15.0. The molecule has 4 aliphatic carbocycles. The van der Waals surface area contributed by atoms with Crippen molar-refractivity contribution < 1.29 is 80.5 Å². The first-order chi connectivity index (χ1) is 60.9. The van der Waals surface area contributed by atoms with Gasteiger partial charge in [-0.05, 0) is 196 Å².